The van der Waals surface area contributed by atoms with Gasteiger partial charge in [0.25, 0.3) is 5.82 Å². The third-order valence-electron chi connectivity index (χ3n) is 3.20. The van der Waals surface area contributed by atoms with Crippen LogP contribution < -0.4 is 0 Å². The Bertz CT molecular complexity index is 664. The second-order valence-electron chi connectivity index (χ2n) is 4.48. The van der Waals surface area contributed by atoms with Crippen LogP contribution in [0.1, 0.15) is 46.2 Å². The van der Waals surface area contributed by atoms with Crippen molar-refractivity contribution in [2.75, 3.05) is 6.61 Å². The maximum absolute atomic E-state index is 12.0. The lowest BCUT2D eigenvalue weighted by Crippen LogP contribution is -2.11. The topological polar surface area (TPSA) is 74.1 Å². The first-order chi connectivity index (χ1) is 9.70. The lowest BCUT2D eigenvalue weighted by atomic mass is 10.1. The lowest BCUT2D eigenvalue weighted by molar-refractivity contribution is 0.0511. The third kappa shape index (κ3) is 1.99. The summed E-state index contributed by atoms with van der Waals surface area (Å²) in [5.41, 5.74) is 0.972. The predicted octanol–water partition coefficient (Wildman–Crippen LogP) is 1.63. The molecule has 0 radical (unpaired) electrons. The molecular formula is C14H13N3O3. The summed E-state index contributed by atoms with van der Waals surface area (Å²) >= 11 is 0. The van der Waals surface area contributed by atoms with Gasteiger partial charge in [-0.2, -0.15) is 4.98 Å². The molecule has 6 nitrogen and oxygen atoms in total. The molecule has 0 saturated carbocycles. The number of benzene rings is 1. The molecule has 1 aliphatic heterocycles. The van der Waals surface area contributed by atoms with Gasteiger partial charge in [-0.25, -0.2) is 9.48 Å². The molecule has 20 heavy (non-hydrogen) atoms. The first-order valence-corrected chi connectivity index (χ1v) is 6.42. The average Bonchev–Trinajstić information content (AvgIpc) is 3.01. The first-order valence-electron chi connectivity index (χ1n) is 6.42. The molecule has 0 fully saturated rings. The lowest BCUT2D eigenvalue weighted by Gasteiger charge is -2.10. The molecule has 1 unspecified atom stereocenters. The zero-order valence-corrected chi connectivity index (χ0v) is 10.9. The van der Waals surface area contributed by atoms with Crippen molar-refractivity contribution in [2.45, 2.75) is 19.4 Å². The normalized spacial score (nSPS) is 17.1. The highest BCUT2D eigenvalue weighted by molar-refractivity contribution is 5.96. The number of nitrogens with zero attached hydrogens (tertiary/aromatic N) is 3. The van der Waals surface area contributed by atoms with Crippen LogP contribution in [0, 0.1) is 0 Å². The molecule has 2 aromatic rings. The van der Waals surface area contributed by atoms with Gasteiger partial charge >= 0.3 is 5.97 Å². The molecule has 0 bridgehead atoms. The number of Topliss-reactive ketones (excluding diaryl/α,β-unsaturated/α-hetero) is 1. The molecule has 0 amide bonds. The summed E-state index contributed by atoms with van der Waals surface area (Å²) in [6.45, 7) is 1.96. The van der Waals surface area contributed by atoms with E-state index in [2.05, 4.69) is 10.1 Å². The quantitative estimate of drug-likeness (QED) is 0.793. The molecule has 2 heterocycles. The van der Waals surface area contributed by atoms with E-state index < -0.39 is 5.97 Å². The van der Waals surface area contributed by atoms with E-state index in [-0.39, 0.29) is 30.1 Å². The zero-order chi connectivity index (χ0) is 14.1. The van der Waals surface area contributed by atoms with Crippen LogP contribution in [0.5, 0.6) is 0 Å². The minimum absolute atomic E-state index is 0.0594. The van der Waals surface area contributed by atoms with Crippen LogP contribution in [0.3, 0.4) is 0 Å². The Morgan fingerprint density at radius 2 is 2.15 bits per heavy atom. The molecule has 1 aromatic heterocycles. The molecule has 0 saturated heterocycles. The Labute approximate surface area is 115 Å². The van der Waals surface area contributed by atoms with Crippen molar-refractivity contribution < 1.29 is 14.3 Å². The van der Waals surface area contributed by atoms with E-state index in [0.717, 1.165) is 5.56 Å². The van der Waals surface area contributed by atoms with E-state index in [4.69, 9.17) is 4.74 Å². The summed E-state index contributed by atoms with van der Waals surface area (Å²) in [5.74, 6) is -0.548. The van der Waals surface area contributed by atoms with Crippen molar-refractivity contribution in [1.82, 2.24) is 14.8 Å². The maximum Gasteiger partial charge on any atom is 0.378 e. The first kappa shape index (κ1) is 12.5. The standard InChI is InChI=1S/C14H13N3O3/c1-2-20-14(19)12-15-13-11(18)8-10(17(13)16-12)9-6-4-3-5-7-9/h3-7,10H,2,8H2,1H3. The molecule has 1 atom stereocenters. The fraction of sp³-hybridized carbons (Fsp3) is 0.286. The second-order valence-corrected chi connectivity index (χ2v) is 4.48. The van der Waals surface area contributed by atoms with Gasteiger partial charge in [0.15, 0.2) is 5.82 Å². The summed E-state index contributed by atoms with van der Waals surface area (Å²) in [5, 5.41) is 4.13. The van der Waals surface area contributed by atoms with Crippen LogP contribution in [0.25, 0.3) is 0 Å². The van der Waals surface area contributed by atoms with Crippen molar-refractivity contribution in [2.24, 2.45) is 0 Å². The monoisotopic (exact) mass is 271 g/mol. The summed E-state index contributed by atoms with van der Waals surface area (Å²) in [7, 11) is 0. The minimum Gasteiger partial charge on any atom is -0.460 e. The summed E-state index contributed by atoms with van der Waals surface area (Å²) in [4.78, 5) is 27.6. The SMILES string of the molecule is CCOC(=O)c1nc2n(n1)C(c1ccccc1)CC2=O. The molecule has 3 rings (SSSR count). The Hall–Kier alpha value is -2.50. The number of esters is 1. The molecule has 1 aromatic carbocycles. The fourth-order valence-corrected chi connectivity index (χ4v) is 2.30. The van der Waals surface area contributed by atoms with Gasteiger partial charge in [0, 0.05) is 6.42 Å². The third-order valence-corrected chi connectivity index (χ3v) is 3.20. The van der Waals surface area contributed by atoms with Crippen molar-refractivity contribution in [3.05, 3.63) is 47.5 Å². The molecule has 6 heteroatoms. The summed E-state index contributed by atoms with van der Waals surface area (Å²) in [6, 6.07) is 9.38. The smallest absolute Gasteiger partial charge is 0.378 e. The van der Waals surface area contributed by atoms with E-state index in [1.54, 1.807) is 6.92 Å². The maximum atomic E-state index is 12.0. The van der Waals surface area contributed by atoms with Crippen LogP contribution in [-0.2, 0) is 4.74 Å². The van der Waals surface area contributed by atoms with Crippen molar-refractivity contribution >= 4 is 11.8 Å². The Morgan fingerprint density at radius 3 is 2.85 bits per heavy atom. The molecule has 102 valence electrons. The largest absolute Gasteiger partial charge is 0.460 e. The van der Waals surface area contributed by atoms with Gasteiger partial charge in [-0.3, -0.25) is 4.79 Å². The van der Waals surface area contributed by atoms with Crippen LogP contribution in [-0.4, -0.2) is 33.1 Å². The van der Waals surface area contributed by atoms with Gasteiger partial charge in [0.1, 0.15) is 0 Å². The van der Waals surface area contributed by atoms with E-state index in [0.29, 0.717) is 6.42 Å². The van der Waals surface area contributed by atoms with Gasteiger partial charge in [0.2, 0.25) is 5.78 Å². The highest BCUT2D eigenvalue weighted by Crippen LogP contribution is 2.30. The van der Waals surface area contributed by atoms with Crippen LogP contribution in [0.15, 0.2) is 30.3 Å². The summed E-state index contributed by atoms with van der Waals surface area (Å²) in [6.07, 6.45) is 0.322. The summed E-state index contributed by atoms with van der Waals surface area (Å²) < 4.78 is 6.37. The fourth-order valence-electron chi connectivity index (χ4n) is 2.30. The van der Waals surface area contributed by atoms with E-state index in [1.165, 1.54) is 4.68 Å². The number of ketones is 1. The molecular weight excluding hydrogens is 258 g/mol. The van der Waals surface area contributed by atoms with Crippen molar-refractivity contribution in [3.63, 3.8) is 0 Å². The Balaban J connectivity index is 1.98. The van der Waals surface area contributed by atoms with Crippen molar-refractivity contribution in [3.8, 4) is 0 Å². The highest BCUT2D eigenvalue weighted by atomic mass is 16.5. The predicted molar refractivity (Wildman–Crippen MR) is 69.5 cm³/mol. The highest BCUT2D eigenvalue weighted by Gasteiger charge is 2.35. The van der Waals surface area contributed by atoms with Gasteiger partial charge < -0.3 is 4.74 Å². The Morgan fingerprint density at radius 1 is 1.40 bits per heavy atom. The van der Waals surface area contributed by atoms with Gasteiger partial charge in [0.05, 0.1) is 12.6 Å². The number of hydrogen-bond donors (Lipinski definition) is 0. The van der Waals surface area contributed by atoms with Gasteiger partial charge in [-0.1, -0.05) is 30.3 Å². The number of fused-ring (bicyclic) bond motifs is 1. The van der Waals surface area contributed by atoms with Crippen LogP contribution >= 0.6 is 0 Å². The van der Waals surface area contributed by atoms with Gasteiger partial charge in [-0.15, -0.1) is 5.10 Å². The zero-order valence-electron chi connectivity index (χ0n) is 10.9. The molecule has 0 aliphatic carbocycles. The number of carbonyl (C=O) groups excluding carboxylic acids is 2. The molecule has 1 aliphatic rings. The molecule has 0 N–H and O–H groups in total. The van der Waals surface area contributed by atoms with E-state index in [1.807, 2.05) is 30.3 Å². The number of aromatic nitrogens is 3. The minimum atomic E-state index is -0.603. The average molecular weight is 271 g/mol. The van der Waals surface area contributed by atoms with Gasteiger partial charge in [-0.05, 0) is 12.5 Å². The van der Waals surface area contributed by atoms with E-state index in [9.17, 15) is 9.59 Å². The Kier molecular flexibility index (Phi) is 3.06. The number of carbonyl (C=O) groups is 2. The number of ether oxygens (including phenoxy) is 1. The van der Waals surface area contributed by atoms with Crippen LogP contribution in [0.4, 0.5) is 0 Å². The number of rotatable bonds is 3. The van der Waals surface area contributed by atoms with Crippen LogP contribution in [0.2, 0.25) is 0 Å². The van der Waals surface area contributed by atoms with E-state index >= 15 is 0 Å². The molecule has 0 spiro atoms. The van der Waals surface area contributed by atoms with Crippen molar-refractivity contribution in [1.29, 1.82) is 0 Å². The number of hydrogen-bond acceptors (Lipinski definition) is 5. The second kappa shape index (κ2) is 4.88.